The van der Waals surface area contributed by atoms with E-state index in [9.17, 15) is 8.78 Å². The lowest BCUT2D eigenvalue weighted by Gasteiger charge is -2.15. The van der Waals surface area contributed by atoms with Gasteiger partial charge in [-0.3, -0.25) is 4.99 Å². The molecule has 1 aliphatic rings. The second kappa shape index (κ2) is 6.99. The normalized spacial score (nSPS) is 16.0. The van der Waals surface area contributed by atoms with Gasteiger partial charge in [0.15, 0.2) is 5.96 Å². The van der Waals surface area contributed by atoms with Gasteiger partial charge in [-0.1, -0.05) is 36.4 Å². The molecule has 3 N–H and O–H groups in total. The number of guanidine groups is 1. The third kappa shape index (κ3) is 3.72. The number of halogens is 2. The van der Waals surface area contributed by atoms with Gasteiger partial charge < -0.3 is 11.1 Å². The molecule has 0 aliphatic heterocycles. The molecule has 0 spiro atoms. The molecule has 1 aliphatic carbocycles. The summed E-state index contributed by atoms with van der Waals surface area (Å²) in [5, 5.41) is 3.05. The van der Waals surface area contributed by atoms with Gasteiger partial charge in [0.2, 0.25) is 0 Å². The predicted molar refractivity (Wildman–Crippen MR) is 91.9 cm³/mol. The Bertz CT molecular complexity index is 704. The minimum Gasteiger partial charge on any atom is -0.370 e. The molecule has 0 bridgehead atoms. The average Bonchev–Trinajstić information content (AvgIpc) is 3.35. The van der Waals surface area contributed by atoms with Crippen LogP contribution in [0.3, 0.4) is 0 Å². The van der Waals surface area contributed by atoms with Crippen molar-refractivity contribution in [1.82, 2.24) is 5.32 Å². The zero-order chi connectivity index (χ0) is 17.0. The van der Waals surface area contributed by atoms with Crippen molar-refractivity contribution in [3.8, 4) is 0 Å². The maximum Gasteiger partial charge on any atom is 0.188 e. The fourth-order valence-corrected chi connectivity index (χ4v) is 2.91. The number of aliphatic imine (C=N–C) groups is 1. The van der Waals surface area contributed by atoms with Crippen molar-refractivity contribution in [2.24, 2.45) is 10.7 Å². The van der Waals surface area contributed by atoms with Crippen LogP contribution in [0.2, 0.25) is 0 Å². The van der Waals surface area contributed by atoms with Crippen LogP contribution >= 0.6 is 0 Å². The lowest BCUT2D eigenvalue weighted by atomic mass is 9.95. The molecule has 0 radical (unpaired) electrons. The molecule has 2 aromatic carbocycles. The highest BCUT2D eigenvalue weighted by Gasteiger charge is 2.47. The zero-order valence-corrected chi connectivity index (χ0v) is 13.4. The number of hydrogen-bond acceptors (Lipinski definition) is 1. The zero-order valence-electron chi connectivity index (χ0n) is 13.4. The minimum atomic E-state index is -0.541. The second-order valence-corrected chi connectivity index (χ2v) is 6.24. The first-order valence-corrected chi connectivity index (χ1v) is 8.13. The molecule has 1 saturated carbocycles. The highest BCUT2D eigenvalue weighted by molar-refractivity contribution is 5.77. The standard InChI is InChI=1S/C19H21F2N3/c20-15-7-4-8-16(21)17(15)19(10-11-19)13-24-18(22)23-12-9-14-5-2-1-3-6-14/h1-8H,9-13H2,(H3,22,23,24). The van der Waals surface area contributed by atoms with E-state index in [1.807, 2.05) is 18.2 Å². The third-order valence-corrected chi connectivity index (χ3v) is 4.46. The highest BCUT2D eigenvalue weighted by Crippen LogP contribution is 2.50. The Morgan fingerprint density at radius 1 is 1.04 bits per heavy atom. The molecule has 2 aromatic rings. The van der Waals surface area contributed by atoms with Crippen molar-refractivity contribution in [2.45, 2.75) is 24.7 Å². The van der Waals surface area contributed by atoms with Crippen LogP contribution in [0, 0.1) is 11.6 Å². The molecule has 0 saturated heterocycles. The van der Waals surface area contributed by atoms with Crippen LogP contribution in [0.25, 0.3) is 0 Å². The van der Waals surface area contributed by atoms with Crippen LogP contribution in [-0.4, -0.2) is 19.0 Å². The van der Waals surface area contributed by atoms with E-state index in [4.69, 9.17) is 5.73 Å². The number of nitrogens with two attached hydrogens (primary N) is 1. The van der Waals surface area contributed by atoms with Crippen LogP contribution in [0.5, 0.6) is 0 Å². The van der Waals surface area contributed by atoms with Crippen molar-refractivity contribution in [2.75, 3.05) is 13.1 Å². The first kappa shape index (κ1) is 16.4. The summed E-state index contributed by atoms with van der Waals surface area (Å²) in [6.07, 6.45) is 2.29. The second-order valence-electron chi connectivity index (χ2n) is 6.24. The Hall–Kier alpha value is -2.43. The molecule has 126 valence electrons. The first-order chi connectivity index (χ1) is 11.6. The van der Waals surface area contributed by atoms with Gasteiger partial charge in [-0.05, 0) is 37.0 Å². The molecule has 0 amide bonds. The maximum atomic E-state index is 14.0. The summed E-state index contributed by atoms with van der Waals surface area (Å²) in [6.45, 7) is 0.968. The van der Waals surface area contributed by atoms with Crippen molar-refractivity contribution in [3.63, 3.8) is 0 Å². The summed E-state index contributed by atoms with van der Waals surface area (Å²) in [5.41, 5.74) is 6.70. The molecule has 0 aromatic heterocycles. The molecule has 1 fully saturated rings. The van der Waals surface area contributed by atoms with Crippen LogP contribution in [0.4, 0.5) is 8.78 Å². The van der Waals surface area contributed by atoms with Crippen molar-refractivity contribution < 1.29 is 8.78 Å². The van der Waals surface area contributed by atoms with E-state index in [0.29, 0.717) is 19.0 Å². The summed E-state index contributed by atoms with van der Waals surface area (Å²) in [4.78, 5) is 4.30. The van der Waals surface area contributed by atoms with E-state index in [-0.39, 0.29) is 5.56 Å². The topological polar surface area (TPSA) is 50.4 Å². The van der Waals surface area contributed by atoms with E-state index < -0.39 is 17.0 Å². The number of nitrogens with zero attached hydrogens (tertiary/aromatic N) is 1. The van der Waals surface area contributed by atoms with Crippen LogP contribution in [-0.2, 0) is 11.8 Å². The first-order valence-electron chi connectivity index (χ1n) is 8.13. The SMILES string of the molecule is NC(=NCC1(c2c(F)cccc2F)CC1)NCCc1ccccc1. The Morgan fingerprint density at radius 2 is 1.71 bits per heavy atom. The molecule has 0 unspecified atom stereocenters. The van der Waals surface area contributed by atoms with Crippen molar-refractivity contribution in [1.29, 1.82) is 0 Å². The number of nitrogens with one attached hydrogen (secondary N) is 1. The fourth-order valence-electron chi connectivity index (χ4n) is 2.91. The van der Waals surface area contributed by atoms with Crippen molar-refractivity contribution >= 4 is 5.96 Å². The summed E-state index contributed by atoms with van der Waals surface area (Å²) in [7, 11) is 0. The van der Waals surface area contributed by atoms with Gasteiger partial charge in [0.1, 0.15) is 11.6 Å². The van der Waals surface area contributed by atoms with Gasteiger partial charge in [0.25, 0.3) is 0 Å². The van der Waals surface area contributed by atoms with E-state index in [0.717, 1.165) is 19.3 Å². The van der Waals surface area contributed by atoms with Gasteiger partial charge in [-0.2, -0.15) is 0 Å². The lowest BCUT2D eigenvalue weighted by Crippen LogP contribution is -2.34. The summed E-state index contributed by atoms with van der Waals surface area (Å²) < 4.78 is 27.9. The van der Waals surface area contributed by atoms with Gasteiger partial charge in [-0.15, -0.1) is 0 Å². The van der Waals surface area contributed by atoms with Gasteiger partial charge in [0, 0.05) is 17.5 Å². The third-order valence-electron chi connectivity index (χ3n) is 4.46. The highest BCUT2D eigenvalue weighted by atomic mass is 19.1. The quantitative estimate of drug-likeness (QED) is 0.632. The molecular weight excluding hydrogens is 308 g/mol. The van der Waals surface area contributed by atoms with Gasteiger partial charge >= 0.3 is 0 Å². The molecule has 3 nitrogen and oxygen atoms in total. The molecule has 3 rings (SSSR count). The Labute approximate surface area is 140 Å². The lowest BCUT2D eigenvalue weighted by molar-refractivity contribution is 0.517. The van der Waals surface area contributed by atoms with Crippen LogP contribution in [0.15, 0.2) is 53.5 Å². The van der Waals surface area contributed by atoms with Gasteiger partial charge in [-0.25, -0.2) is 8.78 Å². The summed E-state index contributed by atoms with van der Waals surface area (Å²) in [5.74, 6) is -0.689. The smallest absolute Gasteiger partial charge is 0.188 e. The Balaban J connectivity index is 1.57. The minimum absolute atomic E-state index is 0.144. The molecule has 0 heterocycles. The number of hydrogen-bond donors (Lipinski definition) is 2. The Morgan fingerprint density at radius 3 is 2.33 bits per heavy atom. The monoisotopic (exact) mass is 329 g/mol. The van der Waals surface area contributed by atoms with E-state index >= 15 is 0 Å². The molecule has 5 heteroatoms. The van der Waals surface area contributed by atoms with Crippen molar-refractivity contribution in [3.05, 3.63) is 71.3 Å². The van der Waals surface area contributed by atoms with Crippen LogP contribution in [0.1, 0.15) is 24.0 Å². The summed E-state index contributed by atoms with van der Waals surface area (Å²) >= 11 is 0. The maximum absolute atomic E-state index is 14.0. The van der Waals surface area contributed by atoms with Crippen LogP contribution < -0.4 is 11.1 Å². The molecule has 24 heavy (non-hydrogen) atoms. The molecule has 0 atom stereocenters. The van der Waals surface area contributed by atoms with E-state index in [1.165, 1.54) is 23.8 Å². The van der Waals surface area contributed by atoms with E-state index in [1.54, 1.807) is 0 Å². The Kier molecular flexibility index (Phi) is 4.79. The largest absolute Gasteiger partial charge is 0.370 e. The summed E-state index contributed by atoms with van der Waals surface area (Å²) in [6, 6.07) is 14.0. The fraction of sp³-hybridized carbons (Fsp3) is 0.316. The average molecular weight is 329 g/mol. The van der Waals surface area contributed by atoms with E-state index in [2.05, 4.69) is 22.4 Å². The molecular formula is C19H21F2N3. The number of rotatable bonds is 6. The predicted octanol–water partition coefficient (Wildman–Crippen LogP) is 3.14. The number of benzene rings is 2. The van der Waals surface area contributed by atoms with Gasteiger partial charge in [0.05, 0.1) is 6.54 Å².